The van der Waals surface area contributed by atoms with Crippen LogP contribution in [0.25, 0.3) is 0 Å². The van der Waals surface area contributed by atoms with E-state index in [1.54, 1.807) is 0 Å². The van der Waals surface area contributed by atoms with Gasteiger partial charge in [0.25, 0.3) is 0 Å². The minimum Gasteiger partial charge on any atom is -0.393 e. The number of aliphatic hydroxyl groups excluding tert-OH is 1. The molecule has 1 fully saturated rings. The van der Waals surface area contributed by atoms with Gasteiger partial charge in [0.2, 0.25) is 0 Å². The van der Waals surface area contributed by atoms with E-state index >= 15 is 0 Å². The predicted molar refractivity (Wildman–Crippen MR) is 42.8 cm³/mol. The summed E-state index contributed by atoms with van der Waals surface area (Å²) in [6, 6.07) is 0. The van der Waals surface area contributed by atoms with Crippen molar-refractivity contribution in [3.8, 4) is 0 Å². The zero-order valence-corrected chi connectivity index (χ0v) is 7.01. The smallest absolute Gasteiger partial charge is 0.0542 e. The van der Waals surface area contributed by atoms with E-state index < -0.39 is 0 Å². The molecule has 0 amide bonds. The molecule has 0 aromatic heterocycles. The molecule has 1 heteroatoms. The van der Waals surface area contributed by atoms with E-state index in [2.05, 4.69) is 13.8 Å². The second-order valence-corrected chi connectivity index (χ2v) is 3.77. The van der Waals surface area contributed by atoms with Crippen LogP contribution in [0.15, 0.2) is 0 Å². The average molecular weight is 142 g/mol. The third-order valence-corrected chi connectivity index (χ3v) is 2.81. The Bertz CT molecular complexity index is 101. The van der Waals surface area contributed by atoms with Gasteiger partial charge in [0.1, 0.15) is 0 Å². The van der Waals surface area contributed by atoms with Gasteiger partial charge in [-0.1, -0.05) is 26.7 Å². The molecule has 0 bridgehead atoms. The summed E-state index contributed by atoms with van der Waals surface area (Å²) in [5.74, 6) is 1.54. The first-order valence-corrected chi connectivity index (χ1v) is 4.38. The van der Waals surface area contributed by atoms with Crippen LogP contribution in [0.2, 0.25) is 0 Å². The molecule has 0 heterocycles. The molecule has 0 aliphatic heterocycles. The Balaban J connectivity index is 2.41. The molecular weight excluding hydrogens is 124 g/mol. The summed E-state index contributed by atoms with van der Waals surface area (Å²) < 4.78 is 0. The lowest BCUT2D eigenvalue weighted by Gasteiger charge is -2.16. The highest BCUT2D eigenvalue weighted by molar-refractivity contribution is 4.71. The van der Waals surface area contributed by atoms with E-state index in [0.29, 0.717) is 0 Å². The first kappa shape index (κ1) is 8.06. The summed E-state index contributed by atoms with van der Waals surface area (Å²) in [5, 5.41) is 9.38. The van der Waals surface area contributed by atoms with Crippen molar-refractivity contribution in [1.29, 1.82) is 0 Å². The van der Waals surface area contributed by atoms with Gasteiger partial charge in [-0.05, 0) is 24.7 Å². The van der Waals surface area contributed by atoms with E-state index in [1.807, 2.05) is 0 Å². The SMILES string of the molecule is CC1CCCC(O)CC1C. The van der Waals surface area contributed by atoms with Crippen molar-refractivity contribution in [2.75, 3.05) is 0 Å². The van der Waals surface area contributed by atoms with E-state index in [1.165, 1.54) is 12.8 Å². The summed E-state index contributed by atoms with van der Waals surface area (Å²) in [7, 11) is 0. The van der Waals surface area contributed by atoms with Crippen LogP contribution in [0.1, 0.15) is 39.5 Å². The van der Waals surface area contributed by atoms with Gasteiger partial charge >= 0.3 is 0 Å². The quantitative estimate of drug-likeness (QED) is 0.514. The fourth-order valence-electron chi connectivity index (χ4n) is 1.74. The molecule has 10 heavy (non-hydrogen) atoms. The van der Waals surface area contributed by atoms with Gasteiger partial charge in [-0.2, -0.15) is 0 Å². The van der Waals surface area contributed by atoms with Gasteiger partial charge in [0, 0.05) is 0 Å². The fraction of sp³-hybridized carbons (Fsp3) is 1.00. The Kier molecular flexibility index (Phi) is 2.72. The largest absolute Gasteiger partial charge is 0.393 e. The van der Waals surface area contributed by atoms with Gasteiger partial charge < -0.3 is 5.11 Å². The van der Waals surface area contributed by atoms with Gasteiger partial charge in [-0.15, -0.1) is 0 Å². The van der Waals surface area contributed by atoms with Crippen LogP contribution in [0.5, 0.6) is 0 Å². The van der Waals surface area contributed by atoms with Crippen LogP contribution >= 0.6 is 0 Å². The summed E-state index contributed by atoms with van der Waals surface area (Å²) in [4.78, 5) is 0. The highest BCUT2D eigenvalue weighted by atomic mass is 16.3. The van der Waals surface area contributed by atoms with E-state index in [-0.39, 0.29) is 6.10 Å². The average Bonchev–Trinajstić information content (AvgIpc) is 1.96. The van der Waals surface area contributed by atoms with Crippen molar-refractivity contribution in [1.82, 2.24) is 0 Å². The predicted octanol–water partition coefficient (Wildman–Crippen LogP) is 2.19. The molecule has 0 spiro atoms. The van der Waals surface area contributed by atoms with Crippen LogP contribution in [0, 0.1) is 11.8 Å². The molecule has 0 aromatic rings. The third-order valence-electron chi connectivity index (χ3n) is 2.81. The maximum Gasteiger partial charge on any atom is 0.0542 e. The molecule has 1 rings (SSSR count). The molecule has 0 saturated heterocycles. The van der Waals surface area contributed by atoms with Crippen LogP contribution in [-0.2, 0) is 0 Å². The lowest BCUT2D eigenvalue weighted by atomic mass is 9.91. The summed E-state index contributed by atoms with van der Waals surface area (Å²) in [5.41, 5.74) is 0. The van der Waals surface area contributed by atoms with Gasteiger partial charge in [-0.25, -0.2) is 0 Å². The maximum absolute atomic E-state index is 9.38. The monoisotopic (exact) mass is 142 g/mol. The van der Waals surface area contributed by atoms with E-state index in [4.69, 9.17) is 0 Å². The van der Waals surface area contributed by atoms with E-state index in [9.17, 15) is 5.11 Å². The Morgan fingerprint density at radius 2 is 1.80 bits per heavy atom. The van der Waals surface area contributed by atoms with Gasteiger partial charge in [-0.3, -0.25) is 0 Å². The summed E-state index contributed by atoms with van der Waals surface area (Å²) >= 11 is 0. The number of hydrogen-bond acceptors (Lipinski definition) is 1. The number of rotatable bonds is 0. The minimum atomic E-state index is -0.0139. The highest BCUT2D eigenvalue weighted by Crippen LogP contribution is 2.27. The molecule has 3 atom stereocenters. The van der Waals surface area contributed by atoms with Crippen molar-refractivity contribution in [3.05, 3.63) is 0 Å². The summed E-state index contributed by atoms with van der Waals surface area (Å²) in [6.07, 6.45) is 4.54. The molecule has 3 unspecified atom stereocenters. The van der Waals surface area contributed by atoms with Crippen molar-refractivity contribution in [2.45, 2.75) is 45.6 Å². The van der Waals surface area contributed by atoms with Gasteiger partial charge in [0.15, 0.2) is 0 Å². The topological polar surface area (TPSA) is 20.2 Å². The molecule has 1 aliphatic rings. The first-order chi connectivity index (χ1) is 4.70. The first-order valence-electron chi connectivity index (χ1n) is 4.38. The molecule has 1 aliphatic carbocycles. The molecule has 1 saturated carbocycles. The minimum absolute atomic E-state index is 0.0139. The van der Waals surface area contributed by atoms with Crippen LogP contribution < -0.4 is 0 Å². The Labute approximate surface area is 63.4 Å². The zero-order chi connectivity index (χ0) is 7.56. The summed E-state index contributed by atoms with van der Waals surface area (Å²) in [6.45, 7) is 4.54. The highest BCUT2D eigenvalue weighted by Gasteiger charge is 2.20. The fourth-order valence-corrected chi connectivity index (χ4v) is 1.74. The number of hydrogen-bond donors (Lipinski definition) is 1. The molecule has 0 aromatic carbocycles. The lowest BCUT2D eigenvalue weighted by molar-refractivity contribution is 0.139. The van der Waals surface area contributed by atoms with Crippen LogP contribution in [0.3, 0.4) is 0 Å². The number of aliphatic hydroxyl groups is 1. The normalized spacial score (nSPS) is 42.9. The maximum atomic E-state index is 9.38. The van der Waals surface area contributed by atoms with Crippen molar-refractivity contribution in [3.63, 3.8) is 0 Å². The Hall–Kier alpha value is -0.0400. The third kappa shape index (κ3) is 1.98. The van der Waals surface area contributed by atoms with Crippen LogP contribution in [0.4, 0.5) is 0 Å². The molecular formula is C9H18O. The molecule has 1 N–H and O–H groups in total. The Morgan fingerprint density at radius 1 is 1.10 bits per heavy atom. The van der Waals surface area contributed by atoms with Crippen molar-refractivity contribution < 1.29 is 5.11 Å². The van der Waals surface area contributed by atoms with Crippen LogP contribution in [-0.4, -0.2) is 11.2 Å². The van der Waals surface area contributed by atoms with Crippen molar-refractivity contribution in [2.24, 2.45) is 11.8 Å². The Morgan fingerprint density at radius 3 is 2.50 bits per heavy atom. The molecule has 60 valence electrons. The van der Waals surface area contributed by atoms with Crippen molar-refractivity contribution >= 4 is 0 Å². The standard InChI is InChI=1S/C9H18O/c1-7-4-3-5-9(10)6-8(7)2/h7-10H,3-6H2,1-2H3. The molecule has 0 radical (unpaired) electrons. The van der Waals surface area contributed by atoms with Gasteiger partial charge in [0.05, 0.1) is 6.10 Å². The molecule has 1 nitrogen and oxygen atoms in total. The zero-order valence-electron chi connectivity index (χ0n) is 7.01. The van der Waals surface area contributed by atoms with E-state index in [0.717, 1.165) is 24.7 Å². The second kappa shape index (κ2) is 3.38. The lowest BCUT2D eigenvalue weighted by Crippen LogP contribution is -2.11. The second-order valence-electron chi connectivity index (χ2n) is 3.77.